The van der Waals surface area contributed by atoms with E-state index in [9.17, 15) is 4.79 Å². The van der Waals surface area contributed by atoms with Crippen LogP contribution in [0.3, 0.4) is 0 Å². The first-order valence-electron chi connectivity index (χ1n) is 14.9. The van der Waals surface area contributed by atoms with E-state index in [-0.39, 0.29) is 25.5 Å². The quantitative estimate of drug-likeness (QED) is 0.0595. The number of rotatable bonds is 14. The summed E-state index contributed by atoms with van der Waals surface area (Å²) in [6.07, 6.45) is 0.630. The number of amides is 1. The summed E-state index contributed by atoms with van der Waals surface area (Å²) in [5.74, 6) is 0.727. The van der Waals surface area contributed by atoms with E-state index in [1.165, 1.54) is 0 Å². The fraction of sp³-hybridized carbons (Fsp3) is 0.257. The third-order valence-electron chi connectivity index (χ3n) is 7.70. The number of nitrogens with zero attached hydrogens (tertiary/aromatic N) is 4. The molecule has 0 radical (unpaired) electrons. The molecule has 0 spiro atoms. The van der Waals surface area contributed by atoms with Gasteiger partial charge in [0.1, 0.15) is 5.75 Å². The predicted molar refractivity (Wildman–Crippen MR) is 185 cm³/mol. The number of ether oxygens (including phenoxy) is 2. The van der Waals surface area contributed by atoms with Crippen molar-refractivity contribution < 1.29 is 19.4 Å². The summed E-state index contributed by atoms with van der Waals surface area (Å²) in [5, 5.41) is 16.0. The minimum atomic E-state index is -1.38. The summed E-state index contributed by atoms with van der Waals surface area (Å²) < 4.78 is 14.2. The zero-order valence-corrected chi connectivity index (χ0v) is 28.2. The molecule has 11 heteroatoms. The third-order valence-corrected chi connectivity index (χ3v) is 8.76. The second kappa shape index (κ2) is 15.9. The van der Waals surface area contributed by atoms with Crippen LogP contribution in [-0.4, -0.2) is 42.2 Å². The lowest BCUT2D eigenvalue weighted by Crippen LogP contribution is -2.50. The van der Waals surface area contributed by atoms with E-state index >= 15 is 0 Å². The molecule has 4 aromatic carbocycles. The van der Waals surface area contributed by atoms with Gasteiger partial charge in [-0.25, -0.2) is 4.99 Å². The Hall–Kier alpha value is -4.15. The summed E-state index contributed by atoms with van der Waals surface area (Å²) in [6, 6.07) is 30.7. The lowest BCUT2D eigenvalue weighted by Gasteiger charge is -2.31. The number of aliphatic hydroxyl groups excluding tert-OH is 1. The number of nitrogens with one attached hydrogen (secondary N) is 1. The number of azide groups is 1. The molecule has 4 aromatic rings. The number of aliphatic imine (C=N–C) groups is 1. The minimum absolute atomic E-state index is 0.0550. The van der Waals surface area contributed by atoms with Crippen LogP contribution in [0.25, 0.3) is 10.4 Å². The van der Waals surface area contributed by atoms with Gasteiger partial charge in [-0.1, -0.05) is 85.5 Å². The van der Waals surface area contributed by atoms with Crippen molar-refractivity contribution in [1.29, 1.82) is 0 Å². The summed E-state index contributed by atoms with van der Waals surface area (Å²) in [4.78, 5) is 22.6. The summed E-state index contributed by atoms with van der Waals surface area (Å²) in [5.41, 5.74) is 11.9. The Morgan fingerprint density at radius 2 is 1.65 bits per heavy atom. The van der Waals surface area contributed by atoms with Crippen LogP contribution >= 0.6 is 31.9 Å². The number of aliphatic hydroxyl groups is 1. The van der Waals surface area contributed by atoms with Crippen molar-refractivity contribution in [3.05, 3.63) is 144 Å². The largest absolute Gasteiger partial charge is 0.494 e. The number of hydrogen-bond donors (Lipinski definition) is 2. The van der Waals surface area contributed by atoms with E-state index < -0.39 is 11.6 Å². The lowest BCUT2D eigenvalue weighted by atomic mass is 9.81. The van der Waals surface area contributed by atoms with Crippen molar-refractivity contribution in [3.63, 3.8) is 0 Å². The van der Waals surface area contributed by atoms with Gasteiger partial charge in [-0.05, 0) is 82.7 Å². The topological polar surface area (TPSA) is 129 Å². The predicted octanol–water partition coefficient (Wildman–Crippen LogP) is 7.64. The van der Waals surface area contributed by atoms with Crippen molar-refractivity contribution in [2.45, 2.75) is 37.5 Å². The number of carbonyl (C=O) groups excluding carboxylic acids is 1. The second-order valence-corrected chi connectivity index (χ2v) is 12.6. The molecular weight excluding hydrogens is 714 g/mol. The minimum Gasteiger partial charge on any atom is -0.494 e. The van der Waals surface area contributed by atoms with Crippen LogP contribution in [-0.2, 0) is 28.9 Å². The molecule has 1 aliphatic rings. The molecule has 2 N–H and O–H groups in total. The van der Waals surface area contributed by atoms with Crippen molar-refractivity contribution in [2.24, 2.45) is 10.1 Å². The van der Waals surface area contributed by atoms with E-state index in [4.69, 9.17) is 25.1 Å². The van der Waals surface area contributed by atoms with Crippen LogP contribution in [0, 0.1) is 0 Å². The zero-order chi connectivity index (χ0) is 32.4. The molecule has 236 valence electrons. The first kappa shape index (κ1) is 33.2. The Bertz CT molecular complexity index is 1710. The van der Waals surface area contributed by atoms with Crippen molar-refractivity contribution >= 4 is 43.7 Å². The van der Waals surface area contributed by atoms with Gasteiger partial charge in [-0.3, -0.25) is 4.79 Å². The van der Waals surface area contributed by atoms with Gasteiger partial charge in [0.25, 0.3) is 5.91 Å². The van der Waals surface area contributed by atoms with Crippen LogP contribution in [0.2, 0.25) is 0 Å². The van der Waals surface area contributed by atoms with Crippen LogP contribution in [0.4, 0.5) is 0 Å². The first-order chi connectivity index (χ1) is 22.4. The van der Waals surface area contributed by atoms with Gasteiger partial charge >= 0.3 is 0 Å². The van der Waals surface area contributed by atoms with Gasteiger partial charge in [0.2, 0.25) is 5.90 Å². The van der Waals surface area contributed by atoms with E-state index in [1.54, 1.807) is 0 Å². The average molecular weight is 747 g/mol. The molecule has 0 bridgehead atoms. The Labute approximate surface area is 284 Å². The number of benzene rings is 4. The van der Waals surface area contributed by atoms with Gasteiger partial charge in [0, 0.05) is 45.4 Å². The smallest absolute Gasteiger partial charge is 0.252 e. The molecule has 5 rings (SSSR count). The third kappa shape index (κ3) is 8.16. The highest BCUT2D eigenvalue weighted by atomic mass is 79.9. The highest BCUT2D eigenvalue weighted by Crippen LogP contribution is 2.43. The lowest BCUT2D eigenvalue weighted by molar-refractivity contribution is -0.128. The Kier molecular flexibility index (Phi) is 11.5. The maximum absolute atomic E-state index is 14.5. The molecule has 0 aliphatic carbocycles. The Morgan fingerprint density at radius 3 is 2.33 bits per heavy atom. The van der Waals surface area contributed by atoms with E-state index in [2.05, 4.69) is 47.2 Å². The molecule has 1 heterocycles. The van der Waals surface area contributed by atoms with Crippen molar-refractivity contribution in [3.8, 4) is 5.75 Å². The first-order valence-corrected chi connectivity index (χ1v) is 16.5. The average Bonchev–Trinajstić information content (AvgIpc) is 3.46. The molecule has 0 saturated heterocycles. The standard InChI is InChI=1S/C35H33Br2N5O4/c36-29-12-6-24(7-13-29)18-19-39-34(44)35(22-27-4-1-2-5-28(27)23-40-42-38)32(25-8-14-30(37)15-9-25)46-33(41-35)26-10-16-31(17-11-26)45-21-3-20-43/h1-2,4-17,32,43H,3,18-23H2,(H,39,44)/t32-,35-/m1/s1. The monoisotopic (exact) mass is 745 g/mol. The number of hydrogen-bond acceptors (Lipinski definition) is 6. The van der Waals surface area contributed by atoms with Crippen LogP contribution < -0.4 is 10.1 Å². The van der Waals surface area contributed by atoms with Crippen molar-refractivity contribution in [2.75, 3.05) is 19.8 Å². The molecule has 46 heavy (non-hydrogen) atoms. The maximum Gasteiger partial charge on any atom is 0.252 e. The molecule has 9 nitrogen and oxygen atoms in total. The fourth-order valence-electron chi connectivity index (χ4n) is 5.33. The van der Waals surface area contributed by atoms with Crippen LogP contribution in [0.5, 0.6) is 5.75 Å². The Balaban J connectivity index is 1.55. The molecule has 0 unspecified atom stereocenters. The summed E-state index contributed by atoms with van der Waals surface area (Å²) in [7, 11) is 0. The molecule has 1 amide bonds. The normalized spacial score (nSPS) is 17.0. The van der Waals surface area contributed by atoms with Crippen molar-refractivity contribution in [1.82, 2.24) is 5.32 Å². The SMILES string of the molecule is [N-]=[N+]=NCc1ccccc1C[C@@]1(C(=O)NCCc2ccc(Br)cc2)N=C(c2ccc(OCCCO)cc2)O[C@@H]1c1ccc(Br)cc1. The van der Waals surface area contributed by atoms with Crippen LogP contribution in [0.15, 0.2) is 116 Å². The van der Waals surface area contributed by atoms with Gasteiger partial charge in [0.15, 0.2) is 11.6 Å². The van der Waals surface area contributed by atoms with E-state index in [0.29, 0.717) is 43.2 Å². The molecule has 0 aromatic heterocycles. The molecule has 1 aliphatic heterocycles. The maximum atomic E-state index is 14.5. The van der Waals surface area contributed by atoms with Crippen LogP contribution in [0.1, 0.15) is 40.3 Å². The second-order valence-electron chi connectivity index (χ2n) is 10.8. The van der Waals surface area contributed by atoms with Gasteiger partial charge < -0.3 is 19.9 Å². The summed E-state index contributed by atoms with van der Waals surface area (Å²) in [6.45, 7) is 1.00. The molecular formula is C35H33Br2N5O4. The van der Waals surface area contributed by atoms with Gasteiger partial charge in [0.05, 0.1) is 13.2 Å². The van der Waals surface area contributed by atoms with Gasteiger partial charge in [-0.15, -0.1) is 0 Å². The fourth-order valence-corrected chi connectivity index (χ4v) is 5.86. The highest BCUT2D eigenvalue weighted by Gasteiger charge is 2.53. The molecule has 2 atom stereocenters. The highest BCUT2D eigenvalue weighted by molar-refractivity contribution is 9.10. The Morgan fingerprint density at radius 1 is 0.978 bits per heavy atom. The molecule has 0 fully saturated rings. The number of halogens is 2. The van der Waals surface area contributed by atoms with E-state index in [0.717, 1.165) is 31.2 Å². The number of carbonyl (C=O) groups is 1. The van der Waals surface area contributed by atoms with E-state index in [1.807, 2.05) is 97.1 Å². The zero-order valence-electron chi connectivity index (χ0n) is 25.0. The molecule has 0 saturated carbocycles. The van der Waals surface area contributed by atoms with Gasteiger partial charge in [-0.2, -0.15) is 0 Å². The summed E-state index contributed by atoms with van der Waals surface area (Å²) >= 11 is 6.99.